The van der Waals surface area contributed by atoms with Crippen LogP contribution in [0, 0.1) is 11.8 Å². The quantitative estimate of drug-likeness (QED) is 0.676. The molecule has 0 aromatic heterocycles. The van der Waals surface area contributed by atoms with Crippen LogP contribution in [0.4, 0.5) is 0 Å². The highest BCUT2D eigenvalue weighted by Crippen LogP contribution is 2.29. The van der Waals surface area contributed by atoms with Gasteiger partial charge in [0.25, 0.3) is 0 Å². The van der Waals surface area contributed by atoms with Crippen LogP contribution < -0.4 is 5.73 Å². The molecular formula is C14H27NO. The molecule has 2 nitrogen and oxygen atoms in total. The van der Waals surface area contributed by atoms with Crippen molar-refractivity contribution in [3.8, 4) is 0 Å². The molecule has 1 rings (SSSR count). The van der Waals surface area contributed by atoms with Crippen molar-refractivity contribution in [3.05, 3.63) is 0 Å². The molecule has 2 atom stereocenters. The van der Waals surface area contributed by atoms with E-state index in [1.807, 2.05) is 0 Å². The van der Waals surface area contributed by atoms with Crippen LogP contribution in [-0.4, -0.2) is 11.8 Å². The molecular weight excluding hydrogens is 198 g/mol. The Kier molecular flexibility index (Phi) is 6.04. The normalized spacial score (nSPS) is 20.9. The molecule has 2 N–H and O–H groups in total. The second-order valence-electron chi connectivity index (χ2n) is 5.55. The van der Waals surface area contributed by atoms with Gasteiger partial charge >= 0.3 is 0 Å². The fourth-order valence-corrected chi connectivity index (χ4v) is 2.78. The van der Waals surface area contributed by atoms with Gasteiger partial charge in [-0.3, -0.25) is 4.79 Å². The molecule has 0 amide bonds. The lowest BCUT2D eigenvalue weighted by molar-refractivity contribution is -0.119. The summed E-state index contributed by atoms with van der Waals surface area (Å²) in [5.74, 6) is 1.47. The average Bonchev–Trinajstić information content (AvgIpc) is 2.75. The van der Waals surface area contributed by atoms with Gasteiger partial charge in [-0.1, -0.05) is 51.9 Å². The van der Waals surface area contributed by atoms with Gasteiger partial charge in [-0.05, 0) is 25.2 Å². The molecule has 0 heterocycles. The molecule has 1 aliphatic rings. The number of hydrogen-bond acceptors (Lipinski definition) is 2. The van der Waals surface area contributed by atoms with Crippen molar-refractivity contribution in [1.29, 1.82) is 0 Å². The van der Waals surface area contributed by atoms with E-state index in [9.17, 15) is 4.79 Å². The summed E-state index contributed by atoms with van der Waals surface area (Å²) in [6.07, 6.45) is 10.8. The van der Waals surface area contributed by atoms with E-state index in [0.717, 1.165) is 12.3 Å². The van der Waals surface area contributed by atoms with Crippen LogP contribution in [0.5, 0.6) is 0 Å². The number of hydrogen-bond donors (Lipinski definition) is 1. The van der Waals surface area contributed by atoms with E-state index < -0.39 is 0 Å². The van der Waals surface area contributed by atoms with E-state index in [2.05, 4.69) is 6.92 Å². The zero-order chi connectivity index (χ0) is 12.0. The lowest BCUT2D eigenvalue weighted by Gasteiger charge is -2.17. The summed E-state index contributed by atoms with van der Waals surface area (Å²) < 4.78 is 0. The molecule has 0 spiro atoms. The third-order valence-electron chi connectivity index (χ3n) is 4.08. The first-order valence-corrected chi connectivity index (χ1v) is 6.87. The average molecular weight is 225 g/mol. The first kappa shape index (κ1) is 13.7. The molecule has 0 aromatic carbocycles. The third-order valence-corrected chi connectivity index (χ3v) is 4.08. The highest BCUT2D eigenvalue weighted by molar-refractivity contribution is 5.81. The minimum Gasteiger partial charge on any atom is -0.321 e. The number of Topliss-reactive ketones (excluding diaryl/α,β-unsaturated/α-hetero) is 1. The summed E-state index contributed by atoms with van der Waals surface area (Å²) in [6.45, 7) is 3.70. The van der Waals surface area contributed by atoms with Crippen LogP contribution in [0.3, 0.4) is 0 Å². The van der Waals surface area contributed by atoms with Crippen LogP contribution in [0.2, 0.25) is 0 Å². The first-order valence-electron chi connectivity index (χ1n) is 6.87. The zero-order valence-corrected chi connectivity index (χ0v) is 10.9. The van der Waals surface area contributed by atoms with Crippen molar-refractivity contribution < 1.29 is 4.79 Å². The number of carbonyl (C=O) groups is 1. The molecule has 0 unspecified atom stereocenters. The molecule has 1 fully saturated rings. The molecule has 0 saturated heterocycles. The van der Waals surface area contributed by atoms with Crippen molar-refractivity contribution in [2.24, 2.45) is 17.6 Å². The van der Waals surface area contributed by atoms with Crippen LogP contribution in [0.15, 0.2) is 0 Å². The smallest absolute Gasteiger partial charge is 0.146 e. The molecule has 1 aliphatic carbocycles. The minimum atomic E-state index is -0.244. The number of ketones is 1. The highest BCUT2D eigenvalue weighted by Gasteiger charge is 2.17. The summed E-state index contributed by atoms with van der Waals surface area (Å²) in [5.41, 5.74) is 5.81. The van der Waals surface area contributed by atoms with E-state index in [-0.39, 0.29) is 11.8 Å². The second-order valence-corrected chi connectivity index (χ2v) is 5.55. The van der Waals surface area contributed by atoms with E-state index >= 15 is 0 Å². The summed E-state index contributed by atoms with van der Waals surface area (Å²) in [6, 6.07) is -0.244. The van der Waals surface area contributed by atoms with Crippen molar-refractivity contribution in [2.45, 2.75) is 71.3 Å². The number of nitrogens with two attached hydrogens (primary N) is 1. The minimum absolute atomic E-state index is 0.128. The molecule has 2 heteroatoms. The molecule has 0 aliphatic heterocycles. The topological polar surface area (TPSA) is 43.1 Å². The van der Waals surface area contributed by atoms with Gasteiger partial charge in [-0.15, -0.1) is 0 Å². The maximum Gasteiger partial charge on any atom is 0.146 e. The maximum absolute atomic E-state index is 11.1. The van der Waals surface area contributed by atoms with Gasteiger partial charge in [0.1, 0.15) is 5.78 Å². The van der Waals surface area contributed by atoms with Crippen LogP contribution in [-0.2, 0) is 4.79 Å². The van der Waals surface area contributed by atoms with Crippen LogP contribution in [0.1, 0.15) is 65.2 Å². The Balaban J connectivity index is 2.03. The van der Waals surface area contributed by atoms with Crippen LogP contribution >= 0.6 is 0 Å². The van der Waals surface area contributed by atoms with Gasteiger partial charge in [0, 0.05) is 0 Å². The molecule has 0 radical (unpaired) electrons. The third kappa shape index (κ3) is 4.65. The number of unbranched alkanes of at least 4 members (excludes halogenated alkanes) is 1. The Morgan fingerprint density at radius 1 is 1.31 bits per heavy atom. The van der Waals surface area contributed by atoms with Crippen molar-refractivity contribution in [3.63, 3.8) is 0 Å². The fraction of sp³-hybridized carbons (Fsp3) is 0.929. The van der Waals surface area contributed by atoms with Gasteiger partial charge in [0.05, 0.1) is 6.04 Å². The zero-order valence-electron chi connectivity index (χ0n) is 10.9. The number of rotatable bonds is 7. The van der Waals surface area contributed by atoms with E-state index in [1.165, 1.54) is 44.9 Å². The SMILES string of the molecule is CC(=O)[C@H](N)[C@@H](C)CCCCC1CCCC1. The fourth-order valence-electron chi connectivity index (χ4n) is 2.78. The summed E-state index contributed by atoms with van der Waals surface area (Å²) in [4.78, 5) is 11.1. The second kappa shape index (κ2) is 7.05. The van der Waals surface area contributed by atoms with Gasteiger partial charge in [-0.25, -0.2) is 0 Å². The van der Waals surface area contributed by atoms with Crippen LogP contribution in [0.25, 0.3) is 0 Å². The summed E-state index contributed by atoms with van der Waals surface area (Å²) in [5, 5.41) is 0. The lowest BCUT2D eigenvalue weighted by atomic mass is 9.92. The van der Waals surface area contributed by atoms with Crippen molar-refractivity contribution in [1.82, 2.24) is 0 Å². The molecule has 94 valence electrons. The van der Waals surface area contributed by atoms with Gasteiger partial charge < -0.3 is 5.73 Å². The van der Waals surface area contributed by atoms with Gasteiger partial charge in [0.15, 0.2) is 0 Å². The summed E-state index contributed by atoms with van der Waals surface area (Å²) >= 11 is 0. The predicted molar refractivity (Wildman–Crippen MR) is 68.2 cm³/mol. The Bertz CT molecular complexity index is 209. The number of carbonyl (C=O) groups excluding carboxylic acids is 1. The first-order chi connectivity index (χ1) is 7.61. The van der Waals surface area contributed by atoms with Crippen molar-refractivity contribution >= 4 is 5.78 Å². The molecule has 1 saturated carbocycles. The van der Waals surface area contributed by atoms with Gasteiger partial charge in [-0.2, -0.15) is 0 Å². The van der Waals surface area contributed by atoms with Crippen molar-refractivity contribution in [2.75, 3.05) is 0 Å². The summed E-state index contributed by atoms with van der Waals surface area (Å²) in [7, 11) is 0. The van der Waals surface area contributed by atoms with Gasteiger partial charge in [0.2, 0.25) is 0 Å². The molecule has 0 aromatic rings. The Morgan fingerprint density at radius 3 is 2.50 bits per heavy atom. The highest BCUT2D eigenvalue weighted by atomic mass is 16.1. The molecule has 16 heavy (non-hydrogen) atoms. The van der Waals surface area contributed by atoms with E-state index in [1.54, 1.807) is 6.92 Å². The van der Waals surface area contributed by atoms with E-state index in [4.69, 9.17) is 5.73 Å². The Labute approximate surface area is 100.0 Å². The largest absolute Gasteiger partial charge is 0.321 e. The monoisotopic (exact) mass is 225 g/mol. The Morgan fingerprint density at radius 2 is 1.94 bits per heavy atom. The Hall–Kier alpha value is -0.370. The molecule has 0 bridgehead atoms. The standard InChI is InChI=1S/C14H27NO/c1-11(14(15)12(2)16)7-3-4-8-13-9-5-6-10-13/h11,13-14H,3-10,15H2,1-2H3/t11-,14+/m0/s1. The lowest BCUT2D eigenvalue weighted by Crippen LogP contribution is -2.35. The maximum atomic E-state index is 11.1. The van der Waals surface area contributed by atoms with E-state index in [0.29, 0.717) is 5.92 Å². The predicted octanol–water partition coefficient (Wildman–Crippen LogP) is 3.29.